The third-order valence-corrected chi connectivity index (χ3v) is 4.15. The Morgan fingerprint density at radius 3 is 2.50 bits per heavy atom. The standard InChI is InChI=1S/C12H13F3N2O2S/c13-12(14,15)8-1-2-10(11(7-8)17(18)19)16-9-3-5-20-6-4-9/h1-2,7,9,16H,3-6H2. The van der Waals surface area contributed by atoms with Crippen LogP contribution in [0.3, 0.4) is 0 Å². The smallest absolute Gasteiger partial charge is 0.377 e. The molecule has 0 radical (unpaired) electrons. The molecule has 0 atom stereocenters. The van der Waals surface area contributed by atoms with Crippen molar-refractivity contribution in [2.45, 2.75) is 25.1 Å². The Labute approximate surface area is 117 Å². The van der Waals surface area contributed by atoms with E-state index in [2.05, 4.69) is 5.32 Å². The molecule has 20 heavy (non-hydrogen) atoms. The van der Waals surface area contributed by atoms with Crippen LogP contribution in [0.25, 0.3) is 0 Å². The number of nitrogens with one attached hydrogen (secondary N) is 1. The molecule has 1 saturated heterocycles. The van der Waals surface area contributed by atoms with E-state index in [9.17, 15) is 23.3 Å². The van der Waals surface area contributed by atoms with Crippen molar-refractivity contribution in [2.24, 2.45) is 0 Å². The fraction of sp³-hybridized carbons (Fsp3) is 0.500. The zero-order valence-electron chi connectivity index (χ0n) is 10.4. The molecule has 0 bridgehead atoms. The highest BCUT2D eigenvalue weighted by molar-refractivity contribution is 7.99. The van der Waals surface area contributed by atoms with Crippen LogP contribution in [0.15, 0.2) is 18.2 Å². The van der Waals surface area contributed by atoms with Crippen molar-refractivity contribution in [2.75, 3.05) is 16.8 Å². The van der Waals surface area contributed by atoms with Gasteiger partial charge in [-0.2, -0.15) is 24.9 Å². The Morgan fingerprint density at radius 2 is 1.95 bits per heavy atom. The van der Waals surface area contributed by atoms with E-state index in [0.717, 1.165) is 36.5 Å². The van der Waals surface area contributed by atoms with Crippen molar-refractivity contribution in [3.05, 3.63) is 33.9 Å². The van der Waals surface area contributed by atoms with Gasteiger partial charge in [-0.3, -0.25) is 10.1 Å². The molecule has 0 amide bonds. The number of benzene rings is 1. The molecular formula is C12H13F3N2O2S. The van der Waals surface area contributed by atoms with Crippen LogP contribution in [0.2, 0.25) is 0 Å². The summed E-state index contributed by atoms with van der Waals surface area (Å²) in [4.78, 5) is 10.2. The lowest BCUT2D eigenvalue weighted by Gasteiger charge is -2.23. The second-order valence-corrected chi connectivity index (χ2v) is 5.74. The summed E-state index contributed by atoms with van der Waals surface area (Å²) >= 11 is 1.80. The van der Waals surface area contributed by atoms with Gasteiger partial charge in [0.15, 0.2) is 0 Å². The first kappa shape index (κ1) is 15.0. The number of alkyl halides is 3. The van der Waals surface area contributed by atoms with Gasteiger partial charge in [0.2, 0.25) is 0 Å². The molecule has 1 aromatic rings. The average Bonchev–Trinajstić information content (AvgIpc) is 2.38. The van der Waals surface area contributed by atoms with E-state index in [1.165, 1.54) is 0 Å². The molecule has 0 aliphatic carbocycles. The predicted octanol–water partition coefficient (Wildman–Crippen LogP) is 3.92. The first-order valence-corrected chi connectivity index (χ1v) is 7.23. The van der Waals surface area contributed by atoms with Crippen LogP contribution in [0.4, 0.5) is 24.5 Å². The van der Waals surface area contributed by atoms with Gasteiger partial charge in [0, 0.05) is 12.1 Å². The van der Waals surface area contributed by atoms with Crippen LogP contribution < -0.4 is 5.32 Å². The van der Waals surface area contributed by atoms with Crippen molar-refractivity contribution < 1.29 is 18.1 Å². The number of nitro groups is 1. The number of hydrogen-bond donors (Lipinski definition) is 1. The first-order chi connectivity index (χ1) is 9.38. The van der Waals surface area contributed by atoms with Gasteiger partial charge >= 0.3 is 6.18 Å². The molecule has 0 unspecified atom stereocenters. The van der Waals surface area contributed by atoms with Crippen LogP contribution in [-0.4, -0.2) is 22.5 Å². The third kappa shape index (κ3) is 3.56. The highest BCUT2D eigenvalue weighted by Crippen LogP contribution is 2.35. The number of hydrogen-bond acceptors (Lipinski definition) is 4. The lowest BCUT2D eigenvalue weighted by Crippen LogP contribution is -2.25. The van der Waals surface area contributed by atoms with E-state index in [-0.39, 0.29) is 11.7 Å². The minimum atomic E-state index is -4.58. The normalized spacial score (nSPS) is 16.9. The zero-order valence-corrected chi connectivity index (χ0v) is 11.3. The average molecular weight is 306 g/mol. The summed E-state index contributed by atoms with van der Waals surface area (Å²) in [6.07, 6.45) is -2.88. The van der Waals surface area contributed by atoms with Crippen LogP contribution in [0.1, 0.15) is 18.4 Å². The van der Waals surface area contributed by atoms with E-state index >= 15 is 0 Å². The predicted molar refractivity (Wildman–Crippen MR) is 72.1 cm³/mol. The highest BCUT2D eigenvalue weighted by atomic mass is 32.2. The van der Waals surface area contributed by atoms with Gasteiger partial charge in [0.1, 0.15) is 5.69 Å². The van der Waals surface area contributed by atoms with Crippen molar-refractivity contribution in [1.29, 1.82) is 0 Å². The molecule has 0 saturated carbocycles. The molecule has 1 fully saturated rings. The number of anilines is 1. The second kappa shape index (κ2) is 5.90. The second-order valence-electron chi connectivity index (χ2n) is 4.52. The van der Waals surface area contributed by atoms with Gasteiger partial charge in [-0.25, -0.2) is 0 Å². The fourth-order valence-electron chi connectivity index (χ4n) is 2.04. The van der Waals surface area contributed by atoms with Gasteiger partial charge < -0.3 is 5.32 Å². The molecule has 110 valence electrons. The van der Waals surface area contributed by atoms with E-state index in [0.29, 0.717) is 6.07 Å². The Bertz CT molecular complexity index is 502. The summed E-state index contributed by atoms with van der Waals surface area (Å²) in [5.41, 5.74) is -1.38. The Kier molecular flexibility index (Phi) is 4.42. The van der Waals surface area contributed by atoms with E-state index in [4.69, 9.17) is 0 Å². The monoisotopic (exact) mass is 306 g/mol. The maximum absolute atomic E-state index is 12.6. The number of nitro benzene ring substituents is 1. The van der Waals surface area contributed by atoms with Crippen molar-refractivity contribution >= 4 is 23.1 Å². The van der Waals surface area contributed by atoms with Crippen molar-refractivity contribution in [3.8, 4) is 0 Å². The molecule has 4 nitrogen and oxygen atoms in total. The van der Waals surface area contributed by atoms with E-state index < -0.39 is 22.4 Å². The molecule has 1 aliphatic heterocycles. The maximum Gasteiger partial charge on any atom is 0.416 e. The summed E-state index contributed by atoms with van der Waals surface area (Å²) < 4.78 is 37.7. The maximum atomic E-state index is 12.6. The molecule has 2 rings (SSSR count). The van der Waals surface area contributed by atoms with Crippen LogP contribution >= 0.6 is 11.8 Å². The summed E-state index contributed by atoms with van der Waals surface area (Å²) in [5.74, 6) is 1.90. The van der Waals surface area contributed by atoms with Gasteiger partial charge in [0.25, 0.3) is 5.69 Å². The topological polar surface area (TPSA) is 55.2 Å². The zero-order chi connectivity index (χ0) is 14.8. The summed E-state index contributed by atoms with van der Waals surface area (Å²) in [6.45, 7) is 0. The van der Waals surface area contributed by atoms with Crippen molar-refractivity contribution in [3.63, 3.8) is 0 Å². The number of halogens is 3. The number of nitrogens with zero attached hydrogens (tertiary/aromatic N) is 1. The van der Waals surface area contributed by atoms with Gasteiger partial charge in [-0.05, 0) is 36.5 Å². The first-order valence-electron chi connectivity index (χ1n) is 6.08. The summed E-state index contributed by atoms with van der Waals surface area (Å²) in [5, 5.41) is 13.9. The number of thioether (sulfide) groups is 1. The van der Waals surface area contributed by atoms with Crippen LogP contribution in [-0.2, 0) is 6.18 Å². The lowest BCUT2D eigenvalue weighted by molar-refractivity contribution is -0.384. The molecule has 0 aromatic heterocycles. The van der Waals surface area contributed by atoms with Crippen LogP contribution in [0, 0.1) is 10.1 Å². The lowest BCUT2D eigenvalue weighted by atomic mass is 10.1. The molecule has 0 spiro atoms. The van der Waals surface area contributed by atoms with Gasteiger partial charge in [0.05, 0.1) is 10.5 Å². The minimum absolute atomic E-state index is 0.0756. The Hall–Kier alpha value is -1.44. The molecule has 8 heteroatoms. The third-order valence-electron chi connectivity index (χ3n) is 3.10. The fourth-order valence-corrected chi connectivity index (χ4v) is 3.15. The minimum Gasteiger partial charge on any atom is -0.377 e. The largest absolute Gasteiger partial charge is 0.416 e. The SMILES string of the molecule is O=[N+]([O-])c1cc(C(F)(F)F)ccc1NC1CCSCC1. The Balaban J connectivity index is 2.25. The molecule has 1 aromatic carbocycles. The van der Waals surface area contributed by atoms with E-state index in [1.807, 2.05) is 0 Å². The van der Waals surface area contributed by atoms with Crippen molar-refractivity contribution in [1.82, 2.24) is 0 Å². The summed E-state index contributed by atoms with van der Waals surface area (Å²) in [6, 6.07) is 2.67. The molecule has 1 heterocycles. The molecular weight excluding hydrogens is 293 g/mol. The quantitative estimate of drug-likeness (QED) is 0.679. The summed E-state index contributed by atoms with van der Waals surface area (Å²) in [7, 11) is 0. The van der Waals surface area contributed by atoms with E-state index in [1.54, 1.807) is 11.8 Å². The molecule has 1 aliphatic rings. The number of rotatable bonds is 3. The highest BCUT2D eigenvalue weighted by Gasteiger charge is 2.33. The molecule has 1 N–H and O–H groups in total. The van der Waals surface area contributed by atoms with Gasteiger partial charge in [-0.15, -0.1) is 0 Å². The van der Waals surface area contributed by atoms with Crippen LogP contribution in [0.5, 0.6) is 0 Å². The van der Waals surface area contributed by atoms with Gasteiger partial charge in [-0.1, -0.05) is 0 Å². The Morgan fingerprint density at radius 1 is 1.30 bits per heavy atom.